The maximum absolute atomic E-state index is 6.07. The zero-order valence-electron chi connectivity index (χ0n) is 9.98. The molecule has 6 heteroatoms. The Balaban J connectivity index is 2.49. The van der Waals surface area contributed by atoms with Gasteiger partial charge in [0.05, 0.1) is 10.0 Å². The number of hydrogen-bond acceptors (Lipinski definition) is 4. The molecule has 0 aliphatic heterocycles. The van der Waals surface area contributed by atoms with E-state index in [0.717, 1.165) is 11.3 Å². The van der Waals surface area contributed by atoms with Crippen LogP contribution in [-0.4, -0.2) is 15.0 Å². The van der Waals surface area contributed by atoms with Crippen LogP contribution in [0.2, 0.25) is 10.0 Å². The maximum Gasteiger partial charge on any atom is 0.179 e. The topological polar surface area (TPSA) is 64.7 Å². The molecule has 0 unspecified atom stereocenters. The van der Waals surface area contributed by atoms with E-state index < -0.39 is 0 Å². The number of hydrogen-bond donors (Lipinski definition) is 1. The number of nitrogens with two attached hydrogens (primary N) is 1. The molecule has 2 N–H and O–H groups in total. The highest BCUT2D eigenvalue weighted by atomic mass is 35.5. The first-order valence-electron chi connectivity index (χ1n) is 5.39. The number of pyridine rings is 1. The summed E-state index contributed by atoms with van der Waals surface area (Å²) in [5, 5.41) is 0.906. The van der Waals surface area contributed by atoms with Crippen LogP contribution >= 0.6 is 23.2 Å². The van der Waals surface area contributed by atoms with Gasteiger partial charge >= 0.3 is 0 Å². The molecule has 1 atom stereocenters. The van der Waals surface area contributed by atoms with Gasteiger partial charge in [-0.05, 0) is 19.9 Å². The predicted molar refractivity (Wildman–Crippen MR) is 72.6 cm³/mol. The Kier molecular flexibility index (Phi) is 3.80. The molecule has 0 aliphatic carbocycles. The van der Waals surface area contributed by atoms with E-state index in [4.69, 9.17) is 28.9 Å². The fourth-order valence-electron chi connectivity index (χ4n) is 1.62. The Morgan fingerprint density at radius 3 is 2.50 bits per heavy atom. The van der Waals surface area contributed by atoms with Crippen LogP contribution in [0.25, 0.3) is 11.5 Å². The molecule has 18 heavy (non-hydrogen) atoms. The van der Waals surface area contributed by atoms with Crippen LogP contribution < -0.4 is 5.73 Å². The van der Waals surface area contributed by atoms with E-state index in [9.17, 15) is 0 Å². The molecule has 0 saturated heterocycles. The molecule has 0 amide bonds. The minimum absolute atomic E-state index is 0.104. The molecule has 0 spiro atoms. The highest BCUT2D eigenvalue weighted by Crippen LogP contribution is 2.26. The molecule has 2 heterocycles. The van der Waals surface area contributed by atoms with Gasteiger partial charge in [0.2, 0.25) is 0 Å². The summed E-state index contributed by atoms with van der Waals surface area (Å²) in [6.07, 6.45) is 3.22. The third kappa shape index (κ3) is 2.61. The van der Waals surface area contributed by atoms with Crippen LogP contribution in [-0.2, 0) is 0 Å². The van der Waals surface area contributed by atoms with Crippen LogP contribution in [0.5, 0.6) is 0 Å². The van der Waals surface area contributed by atoms with Crippen molar-refractivity contribution in [2.75, 3.05) is 0 Å². The van der Waals surface area contributed by atoms with E-state index in [1.165, 1.54) is 6.20 Å². The number of aryl methyl sites for hydroxylation is 1. The van der Waals surface area contributed by atoms with E-state index in [1.807, 2.05) is 13.8 Å². The standard InChI is InChI=1S/C12H12Cl2N4/c1-6(15)9-5-17-12(18-7(9)2)11-10(14)3-8(13)4-16-11/h3-6H,15H2,1-2H3/t6-/m1/s1. The average Bonchev–Trinajstić information content (AvgIpc) is 2.28. The molecule has 0 saturated carbocycles. The molecule has 0 aromatic carbocycles. The zero-order chi connectivity index (χ0) is 13.3. The molecule has 2 aromatic heterocycles. The fraction of sp³-hybridized carbons (Fsp3) is 0.250. The quantitative estimate of drug-likeness (QED) is 0.919. The van der Waals surface area contributed by atoms with Crippen molar-refractivity contribution in [2.45, 2.75) is 19.9 Å². The summed E-state index contributed by atoms with van der Waals surface area (Å²) in [4.78, 5) is 12.8. The summed E-state index contributed by atoms with van der Waals surface area (Å²) in [5.41, 5.74) is 8.06. The van der Waals surface area contributed by atoms with Crippen molar-refractivity contribution in [3.05, 3.63) is 39.8 Å². The summed E-state index contributed by atoms with van der Waals surface area (Å²) in [6, 6.07) is 1.51. The molecule has 0 bridgehead atoms. The number of halogens is 2. The van der Waals surface area contributed by atoms with Crippen molar-refractivity contribution in [1.29, 1.82) is 0 Å². The molecule has 0 radical (unpaired) electrons. The molecular formula is C12H12Cl2N4. The van der Waals surface area contributed by atoms with Crippen molar-refractivity contribution >= 4 is 23.2 Å². The van der Waals surface area contributed by atoms with Gasteiger partial charge in [-0.3, -0.25) is 0 Å². The highest BCUT2D eigenvalue weighted by molar-refractivity contribution is 6.35. The minimum Gasteiger partial charge on any atom is -0.324 e. The second-order valence-corrected chi connectivity index (χ2v) is 4.85. The Morgan fingerprint density at radius 2 is 1.94 bits per heavy atom. The molecule has 0 fully saturated rings. The number of nitrogens with zero attached hydrogens (tertiary/aromatic N) is 3. The van der Waals surface area contributed by atoms with Crippen LogP contribution in [0.15, 0.2) is 18.5 Å². The SMILES string of the molecule is Cc1nc(-c2ncc(Cl)cc2Cl)ncc1[C@@H](C)N. The number of rotatable bonds is 2. The van der Waals surface area contributed by atoms with Gasteiger partial charge in [-0.1, -0.05) is 23.2 Å². The van der Waals surface area contributed by atoms with Crippen molar-refractivity contribution in [3.63, 3.8) is 0 Å². The minimum atomic E-state index is -0.104. The Labute approximate surface area is 115 Å². The van der Waals surface area contributed by atoms with Crippen LogP contribution in [0.4, 0.5) is 0 Å². The summed E-state index contributed by atoms with van der Waals surface area (Å²) in [5.74, 6) is 0.471. The molecule has 4 nitrogen and oxygen atoms in total. The van der Waals surface area contributed by atoms with Gasteiger partial charge < -0.3 is 5.73 Å². The van der Waals surface area contributed by atoms with E-state index >= 15 is 0 Å². The predicted octanol–water partition coefficient (Wildman–Crippen LogP) is 3.17. The second kappa shape index (κ2) is 5.18. The van der Waals surface area contributed by atoms with Gasteiger partial charge in [-0.2, -0.15) is 0 Å². The van der Waals surface area contributed by atoms with E-state index in [2.05, 4.69) is 15.0 Å². The van der Waals surface area contributed by atoms with E-state index in [-0.39, 0.29) is 6.04 Å². The largest absolute Gasteiger partial charge is 0.324 e. The fourth-order valence-corrected chi connectivity index (χ4v) is 2.08. The Bertz CT molecular complexity index is 584. The first-order valence-corrected chi connectivity index (χ1v) is 6.15. The Hall–Kier alpha value is -1.23. The van der Waals surface area contributed by atoms with Crippen LogP contribution in [0.1, 0.15) is 24.2 Å². The third-order valence-corrected chi connectivity index (χ3v) is 3.02. The summed E-state index contributed by atoms with van der Waals surface area (Å²) in [6.45, 7) is 3.77. The van der Waals surface area contributed by atoms with Gasteiger partial charge in [0.1, 0.15) is 5.69 Å². The first-order chi connectivity index (χ1) is 8.49. The van der Waals surface area contributed by atoms with E-state index in [1.54, 1.807) is 12.3 Å². The summed E-state index contributed by atoms with van der Waals surface area (Å²) < 4.78 is 0. The lowest BCUT2D eigenvalue weighted by Gasteiger charge is -2.10. The van der Waals surface area contributed by atoms with Gasteiger partial charge in [0, 0.05) is 29.7 Å². The number of aromatic nitrogens is 3. The lowest BCUT2D eigenvalue weighted by atomic mass is 10.1. The van der Waals surface area contributed by atoms with Crippen molar-refractivity contribution in [2.24, 2.45) is 5.73 Å². The average molecular weight is 283 g/mol. The van der Waals surface area contributed by atoms with Crippen molar-refractivity contribution in [3.8, 4) is 11.5 Å². The first kappa shape index (κ1) is 13.2. The van der Waals surface area contributed by atoms with Gasteiger partial charge in [-0.15, -0.1) is 0 Å². The monoisotopic (exact) mass is 282 g/mol. The molecule has 94 valence electrons. The normalized spacial score (nSPS) is 12.5. The smallest absolute Gasteiger partial charge is 0.179 e. The molecule has 2 rings (SSSR count). The second-order valence-electron chi connectivity index (χ2n) is 4.01. The lowest BCUT2D eigenvalue weighted by molar-refractivity contribution is 0.790. The molecular weight excluding hydrogens is 271 g/mol. The summed E-state index contributed by atoms with van der Waals surface area (Å²) in [7, 11) is 0. The molecule has 0 aliphatic rings. The van der Waals surface area contributed by atoms with E-state index in [0.29, 0.717) is 21.6 Å². The Morgan fingerprint density at radius 1 is 1.22 bits per heavy atom. The summed E-state index contributed by atoms with van der Waals surface area (Å²) >= 11 is 11.9. The van der Waals surface area contributed by atoms with Crippen molar-refractivity contribution in [1.82, 2.24) is 15.0 Å². The van der Waals surface area contributed by atoms with Crippen molar-refractivity contribution < 1.29 is 0 Å². The van der Waals surface area contributed by atoms with Crippen LogP contribution in [0.3, 0.4) is 0 Å². The van der Waals surface area contributed by atoms with Gasteiger partial charge in [-0.25, -0.2) is 15.0 Å². The lowest BCUT2D eigenvalue weighted by Crippen LogP contribution is -2.09. The zero-order valence-corrected chi connectivity index (χ0v) is 11.5. The highest BCUT2D eigenvalue weighted by Gasteiger charge is 2.12. The third-order valence-electron chi connectivity index (χ3n) is 2.53. The van der Waals surface area contributed by atoms with Gasteiger partial charge in [0.15, 0.2) is 5.82 Å². The molecule has 2 aromatic rings. The van der Waals surface area contributed by atoms with Gasteiger partial charge in [0.25, 0.3) is 0 Å². The maximum atomic E-state index is 6.07. The van der Waals surface area contributed by atoms with Crippen LogP contribution in [0, 0.1) is 6.92 Å².